The van der Waals surface area contributed by atoms with Crippen molar-refractivity contribution in [3.8, 4) is 0 Å². The highest BCUT2D eigenvalue weighted by Gasteiger charge is 2.13. The Morgan fingerprint density at radius 2 is 1.95 bits per heavy atom. The zero-order chi connectivity index (χ0) is 14.0. The Hall–Kier alpha value is -1.10. The van der Waals surface area contributed by atoms with Crippen molar-refractivity contribution in [2.24, 2.45) is 0 Å². The van der Waals surface area contributed by atoms with Crippen molar-refractivity contribution in [1.29, 1.82) is 0 Å². The number of nitrogens with one attached hydrogen (secondary N) is 1. The monoisotopic (exact) mass is 361 g/mol. The van der Waals surface area contributed by atoms with Gasteiger partial charge in [0, 0.05) is 10.2 Å². The molecule has 0 atom stereocenters. The standard InChI is InChI=1S/C13H7BrCl2FNO/c14-9-3-1-2-8(12(9)16)13(19)18-7-4-5-11(17)10(15)6-7/h1-6H,(H,18,19). The minimum Gasteiger partial charge on any atom is -0.322 e. The van der Waals surface area contributed by atoms with Crippen LogP contribution in [0.3, 0.4) is 0 Å². The molecule has 1 N–H and O–H groups in total. The number of rotatable bonds is 2. The fourth-order valence-corrected chi connectivity index (χ4v) is 2.21. The van der Waals surface area contributed by atoms with Crippen molar-refractivity contribution in [3.63, 3.8) is 0 Å². The van der Waals surface area contributed by atoms with Crippen LogP contribution in [0, 0.1) is 5.82 Å². The van der Waals surface area contributed by atoms with E-state index in [1.165, 1.54) is 18.2 Å². The second-order valence-corrected chi connectivity index (χ2v) is 5.32. The Morgan fingerprint density at radius 1 is 1.21 bits per heavy atom. The summed E-state index contributed by atoms with van der Waals surface area (Å²) < 4.78 is 13.6. The van der Waals surface area contributed by atoms with Crippen LogP contribution in [-0.2, 0) is 0 Å². The van der Waals surface area contributed by atoms with Crippen LogP contribution < -0.4 is 5.32 Å². The van der Waals surface area contributed by atoms with Gasteiger partial charge in [-0.05, 0) is 46.3 Å². The smallest absolute Gasteiger partial charge is 0.257 e. The molecule has 0 aliphatic rings. The van der Waals surface area contributed by atoms with Crippen LogP contribution in [0.1, 0.15) is 10.4 Å². The second-order valence-electron chi connectivity index (χ2n) is 3.68. The summed E-state index contributed by atoms with van der Waals surface area (Å²) in [6, 6.07) is 8.95. The molecular weight excluding hydrogens is 356 g/mol. The molecule has 0 fully saturated rings. The van der Waals surface area contributed by atoms with Crippen LogP contribution in [0.5, 0.6) is 0 Å². The average molecular weight is 363 g/mol. The summed E-state index contributed by atoms with van der Waals surface area (Å²) in [5.74, 6) is -0.936. The van der Waals surface area contributed by atoms with E-state index in [9.17, 15) is 9.18 Å². The first-order valence-electron chi connectivity index (χ1n) is 5.19. The van der Waals surface area contributed by atoms with Gasteiger partial charge in [-0.15, -0.1) is 0 Å². The predicted molar refractivity (Wildman–Crippen MR) is 78.5 cm³/mol. The van der Waals surface area contributed by atoms with E-state index < -0.39 is 11.7 Å². The molecule has 0 spiro atoms. The lowest BCUT2D eigenvalue weighted by molar-refractivity contribution is 0.102. The number of halogens is 4. The van der Waals surface area contributed by atoms with Gasteiger partial charge in [-0.2, -0.15) is 0 Å². The molecule has 2 aromatic rings. The van der Waals surface area contributed by atoms with Crippen molar-refractivity contribution in [2.45, 2.75) is 0 Å². The summed E-state index contributed by atoms with van der Waals surface area (Å²) in [7, 11) is 0. The Balaban J connectivity index is 2.26. The van der Waals surface area contributed by atoms with E-state index in [0.717, 1.165) is 0 Å². The van der Waals surface area contributed by atoms with E-state index in [2.05, 4.69) is 21.2 Å². The lowest BCUT2D eigenvalue weighted by atomic mass is 10.2. The summed E-state index contributed by atoms with van der Waals surface area (Å²) >= 11 is 14.9. The highest BCUT2D eigenvalue weighted by Crippen LogP contribution is 2.27. The van der Waals surface area contributed by atoms with Gasteiger partial charge in [-0.3, -0.25) is 4.79 Å². The topological polar surface area (TPSA) is 29.1 Å². The molecular formula is C13H7BrCl2FNO. The van der Waals surface area contributed by atoms with Crippen LogP contribution >= 0.6 is 39.1 Å². The van der Waals surface area contributed by atoms with Crippen LogP contribution in [0.4, 0.5) is 10.1 Å². The molecule has 0 unspecified atom stereocenters. The summed E-state index contributed by atoms with van der Waals surface area (Å²) in [6.07, 6.45) is 0. The van der Waals surface area contributed by atoms with Crippen molar-refractivity contribution in [2.75, 3.05) is 5.32 Å². The number of hydrogen-bond donors (Lipinski definition) is 1. The van der Waals surface area contributed by atoms with Gasteiger partial charge in [0.1, 0.15) is 5.82 Å². The van der Waals surface area contributed by atoms with Crippen LogP contribution in [0.25, 0.3) is 0 Å². The normalized spacial score (nSPS) is 10.3. The quantitative estimate of drug-likeness (QED) is 0.786. The molecule has 1 amide bonds. The van der Waals surface area contributed by atoms with E-state index in [0.29, 0.717) is 20.7 Å². The molecule has 6 heteroatoms. The fraction of sp³-hybridized carbons (Fsp3) is 0. The molecule has 0 aliphatic heterocycles. The Bertz CT molecular complexity index is 649. The van der Waals surface area contributed by atoms with E-state index >= 15 is 0 Å². The third-order valence-electron chi connectivity index (χ3n) is 2.37. The Kier molecular flexibility index (Phi) is 4.45. The lowest BCUT2D eigenvalue weighted by Crippen LogP contribution is -2.12. The molecule has 2 nitrogen and oxygen atoms in total. The molecule has 0 saturated heterocycles. The van der Waals surface area contributed by atoms with Crippen molar-refractivity contribution < 1.29 is 9.18 Å². The summed E-state index contributed by atoms with van der Waals surface area (Å²) in [5.41, 5.74) is 0.712. The van der Waals surface area contributed by atoms with Crippen LogP contribution in [0.2, 0.25) is 10.0 Å². The van der Waals surface area contributed by atoms with E-state index in [1.807, 2.05) is 0 Å². The summed E-state index contributed by atoms with van der Waals surface area (Å²) in [4.78, 5) is 12.0. The first kappa shape index (κ1) is 14.3. The predicted octanol–water partition coefficient (Wildman–Crippen LogP) is 5.15. The Labute approximate surface area is 127 Å². The van der Waals surface area contributed by atoms with Gasteiger partial charge >= 0.3 is 0 Å². The third kappa shape index (κ3) is 3.26. The van der Waals surface area contributed by atoms with Gasteiger partial charge in [0.15, 0.2) is 0 Å². The first-order valence-corrected chi connectivity index (χ1v) is 6.74. The van der Waals surface area contributed by atoms with Crippen LogP contribution in [0.15, 0.2) is 40.9 Å². The zero-order valence-electron chi connectivity index (χ0n) is 9.38. The van der Waals surface area contributed by atoms with Gasteiger partial charge in [0.25, 0.3) is 5.91 Å². The first-order chi connectivity index (χ1) is 8.99. The molecule has 2 aromatic carbocycles. The zero-order valence-corrected chi connectivity index (χ0v) is 12.5. The van der Waals surface area contributed by atoms with Gasteiger partial charge in [-0.25, -0.2) is 4.39 Å². The third-order valence-corrected chi connectivity index (χ3v) is 3.96. The van der Waals surface area contributed by atoms with Gasteiger partial charge in [-0.1, -0.05) is 29.3 Å². The maximum Gasteiger partial charge on any atom is 0.257 e. The van der Waals surface area contributed by atoms with Crippen molar-refractivity contribution in [1.82, 2.24) is 0 Å². The lowest BCUT2D eigenvalue weighted by Gasteiger charge is -2.08. The number of anilines is 1. The molecule has 98 valence electrons. The minimum absolute atomic E-state index is 0.0573. The SMILES string of the molecule is O=C(Nc1ccc(F)c(Cl)c1)c1cccc(Br)c1Cl. The van der Waals surface area contributed by atoms with E-state index in [1.54, 1.807) is 18.2 Å². The van der Waals surface area contributed by atoms with E-state index in [4.69, 9.17) is 23.2 Å². The molecule has 0 aromatic heterocycles. The molecule has 19 heavy (non-hydrogen) atoms. The summed E-state index contributed by atoms with van der Waals surface area (Å²) in [6.45, 7) is 0. The van der Waals surface area contributed by atoms with Crippen molar-refractivity contribution >= 4 is 50.7 Å². The Morgan fingerprint density at radius 3 is 2.63 bits per heavy atom. The molecule has 0 heterocycles. The molecule has 0 aliphatic carbocycles. The number of benzene rings is 2. The largest absolute Gasteiger partial charge is 0.322 e. The number of carbonyl (C=O) groups is 1. The van der Waals surface area contributed by atoms with Gasteiger partial charge in [0.2, 0.25) is 0 Å². The molecule has 0 saturated carbocycles. The van der Waals surface area contributed by atoms with E-state index in [-0.39, 0.29) is 5.02 Å². The molecule has 0 radical (unpaired) electrons. The van der Waals surface area contributed by atoms with Crippen LogP contribution in [-0.4, -0.2) is 5.91 Å². The molecule has 2 rings (SSSR count). The highest BCUT2D eigenvalue weighted by atomic mass is 79.9. The maximum atomic E-state index is 13.0. The number of amides is 1. The fourth-order valence-electron chi connectivity index (χ4n) is 1.45. The number of carbonyl (C=O) groups excluding carboxylic acids is 1. The van der Waals surface area contributed by atoms with Gasteiger partial charge in [0.05, 0.1) is 15.6 Å². The number of hydrogen-bond acceptors (Lipinski definition) is 1. The minimum atomic E-state index is -0.542. The highest BCUT2D eigenvalue weighted by molar-refractivity contribution is 9.10. The van der Waals surface area contributed by atoms with Gasteiger partial charge < -0.3 is 5.32 Å². The van der Waals surface area contributed by atoms with Crippen molar-refractivity contribution in [3.05, 3.63) is 62.3 Å². The maximum absolute atomic E-state index is 13.0. The average Bonchev–Trinajstić information content (AvgIpc) is 2.37. The summed E-state index contributed by atoms with van der Waals surface area (Å²) in [5, 5.41) is 2.85. The second kappa shape index (κ2) is 5.90. The molecule has 0 bridgehead atoms.